The molecular weight excluding hydrogens is 362 g/mol. The Labute approximate surface area is 165 Å². The molecule has 0 aliphatic carbocycles. The number of ether oxygens (including phenoxy) is 1. The van der Waals surface area contributed by atoms with Crippen LogP contribution in [0.5, 0.6) is 0 Å². The molecule has 4 amide bonds. The smallest absolute Gasteiger partial charge is 0.319 e. The van der Waals surface area contributed by atoms with Crippen molar-refractivity contribution in [2.75, 3.05) is 57.8 Å². The molecule has 9 heteroatoms. The monoisotopic (exact) mass is 391 g/mol. The van der Waals surface area contributed by atoms with Crippen LogP contribution in [0, 0.1) is 0 Å². The molecule has 1 heterocycles. The molecule has 1 fully saturated rings. The summed E-state index contributed by atoms with van der Waals surface area (Å²) in [7, 11) is 0. The summed E-state index contributed by atoms with van der Waals surface area (Å²) in [6, 6.07) is 6.50. The number of hydrogen-bond acceptors (Lipinski definition) is 5. The van der Waals surface area contributed by atoms with Gasteiger partial charge in [0, 0.05) is 51.4 Å². The summed E-state index contributed by atoms with van der Waals surface area (Å²) in [6.07, 6.45) is 0.382. The Morgan fingerprint density at radius 1 is 0.929 bits per heavy atom. The van der Waals surface area contributed by atoms with Crippen LogP contribution in [0.15, 0.2) is 24.3 Å². The van der Waals surface area contributed by atoms with Crippen LogP contribution in [0.25, 0.3) is 0 Å². The Kier molecular flexibility index (Phi) is 9.23. The number of carbonyl (C=O) groups is 3. The summed E-state index contributed by atoms with van der Waals surface area (Å²) in [5.74, 6) is 0.0936. The summed E-state index contributed by atoms with van der Waals surface area (Å²) in [4.78, 5) is 36.9. The van der Waals surface area contributed by atoms with E-state index in [9.17, 15) is 14.4 Å². The number of urea groups is 2. The third kappa shape index (κ3) is 8.83. The third-order valence-electron chi connectivity index (χ3n) is 4.18. The van der Waals surface area contributed by atoms with Gasteiger partial charge in [0.2, 0.25) is 0 Å². The highest BCUT2D eigenvalue weighted by atomic mass is 16.5. The molecular formula is C19H29N5O4. The largest absolute Gasteiger partial charge is 0.379 e. The molecule has 28 heavy (non-hydrogen) atoms. The number of carbonyl (C=O) groups excluding carboxylic acids is 3. The fraction of sp³-hybridized carbons (Fsp3) is 0.526. The maximum absolute atomic E-state index is 11.8. The number of rotatable bonds is 9. The highest BCUT2D eigenvalue weighted by Crippen LogP contribution is 2.10. The van der Waals surface area contributed by atoms with Crippen LogP contribution in [0.4, 0.5) is 15.3 Å². The van der Waals surface area contributed by atoms with Crippen molar-refractivity contribution < 1.29 is 19.1 Å². The Morgan fingerprint density at radius 3 is 2.18 bits per heavy atom. The van der Waals surface area contributed by atoms with Gasteiger partial charge in [-0.3, -0.25) is 9.69 Å². The zero-order chi connectivity index (χ0) is 20.2. The fourth-order valence-electron chi connectivity index (χ4n) is 2.74. The minimum Gasteiger partial charge on any atom is -0.379 e. The standard InChI is InChI=1S/C19H29N5O4/c1-15(25)14-16-2-4-17(5-3-16)23-19(27)21-7-6-20-18(26)22-8-9-24-10-12-28-13-11-24/h2-5H,6-14H2,1H3,(H2,20,22,26)(H2,21,23,27). The van der Waals surface area contributed by atoms with Crippen LogP contribution < -0.4 is 21.3 Å². The van der Waals surface area contributed by atoms with E-state index in [0.717, 1.165) is 38.4 Å². The number of nitrogens with zero attached hydrogens (tertiary/aromatic N) is 1. The molecule has 4 N–H and O–H groups in total. The Morgan fingerprint density at radius 2 is 1.54 bits per heavy atom. The van der Waals surface area contributed by atoms with Gasteiger partial charge in [-0.2, -0.15) is 0 Å². The topological polar surface area (TPSA) is 112 Å². The van der Waals surface area contributed by atoms with Gasteiger partial charge in [-0.05, 0) is 24.6 Å². The number of benzene rings is 1. The van der Waals surface area contributed by atoms with E-state index in [1.54, 1.807) is 24.3 Å². The summed E-state index contributed by atoms with van der Waals surface area (Å²) < 4.78 is 5.28. The first-order valence-electron chi connectivity index (χ1n) is 9.48. The molecule has 0 spiro atoms. The van der Waals surface area contributed by atoms with Crippen molar-refractivity contribution in [1.29, 1.82) is 0 Å². The molecule has 0 radical (unpaired) electrons. The summed E-state index contributed by atoms with van der Waals surface area (Å²) in [6.45, 7) is 6.80. The van der Waals surface area contributed by atoms with E-state index in [2.05, 4.69) is 26.2 Å². The van der Waals surface area contributed by atoms with E-state index < -0.39 is 0 Å². The van der Waals surface area contributed by atoms with E-state index in [1.165, 1.54) is 6.92 Å². The van der Waals surface area contributed by atoms with Gasteiger partial charge in [0.25, 0.3) is 0 Å². The van der Waals surface area contributed by atoms with Crippen LogP contribution in [0.3, 0.4) is 0 Å². The minimum absolute atomic E-state index is 0.0936. The van der Waals surface area contributed by atoms with Crippen molar-refractivity contribution in [3.05, 3.63) is 29.8 Å². The first-order chi connectivity index (χ1) is 13.5. The van der Waals surface area contributed by atoms with Crippen LogP contribution in [-0.2, 0) is 16.0 Å². The number of amides is 4. The van der Waals surface area contributed by atoms with E-state index in [1.807, 2.05) is 0 Å². The SMILES string of the molecule is CC(=O)Cc1ccc(NC(=O)NCCNC(=O)NCCN2CCOCC2)cc1. The molecule has 0 bridgehead atoms. The van der Waals surface area contributed by atoms with Gasteiger partial charge in [-0.1, -0.05) is 12.1 Å². The third-order valence-corrected chi connectivity index (χ3v) is 4.18. The molecule has 0 saturated carbocycles. The summed E-state index contributed by atoms with van der Waals surface area (Å²) in [5, 5.41) is 10.9. The zero-order valence-corrected chi connectivity index (χ0v) is 16.3. The maximum atomic E-state index is 11.8. The Balaban J connectivity index is 1.52. The Hall–Kier alpha value is -2.65. The van der Waals surface area contributed by atoms with E-state index >= 15 is 0 Å². The van der Waals surface area contributed by atoms with Crippen molar-refractivity contribution >= 4 is 23.5 Å². The van der Waals surface area contributed by atoms with E-state index in [0.29, 0.717) is 31.7 Å². The predicted octanol–water partition coefficient (Wildman–Crippen LogP) is 0.571. The second kappa shape index (κ2) is 11.9. The lowest BCUT2D eigenvalue weighted by molar-refractivity contribution is -0.116. The lowest BCUT2D eigenvalue weighted by Crippen LogP contribution is -2.45. The number of nitrogens with one attached hydrogen (secondary N) is 4. The van der Waals surface area contributed by atoms with Crippen molar-refractivity contribution in [3.63, 3.8) is 0 Å². The average Bonchev–Trinajstić information content (AvgIpc) is 2.67. The fourth-order valence-corrected chi connectivity index (χ4v) is 2.74. The first kappa shape index (κ1) is 21.6. The lowest BCUT2D eigenvalue weighted by atomic mass is 10.1. The zero-order valence-electron chi connectivity index (χ0n) is 16.3. The van der Waals surface area contributed by atoms with Gasteiger partial charge in [-0.25, -0.2) is 9.59 Å². The molecule has 1 aliphatic heterocycles. The normalized spacial score (nSPS) is 14.2. The summed E-state index contributed by atoms with van der Waals surface area (Å²) in [5.41, 5.74) is 1.54. The summed E-state index contributed by atoms with van der Waals surface area (Å²) >= 11 is 0. The van der Waals surface area contributed by atoms with Gasteiger partial charge in [0.15, 0.2) is 0 Å². The predicted molar refractivity (Wildman–Crippen MR) is 107 cm³/mol. The molecule has 2 rings (SSSR count). The van der Waals surface area contributed by atoms with Crippen LogP contribution in [0.1, 0.15) is 12.5 Å². The minimum atomic E-state index is -0.353. The molecule has 154 valence electrons. The van der Waals surface area contributed by atoms with Crippen molar-refractivity contribution in [3.8, 4) is 0 Å². The average molecular weight is 391 g/mol. The molecule has 1 saturated heterocycles. The molecule has 1 aromatic carbocycles. The number of ketones is 1. The van der Waals surface area contributed by atoms with Crippen LogP contribution in [-0.4, -0.2) is 75.2 Å². The maximum Gasteiger partial charge on any atom is 0.319 e. The van der Waals surface area contributed by atoms with Gasteiger partial charge in [0.1, 0.15) is 5.78 Å². The number of anilines is 1. The van der Waals surface area contributed by atoms with Gasteiger partial charge in [0.05, 0.1) is 13.2 Å². The van der Waals surface area contributed by atoms with Crippen molar-refractivity contribution in [1.82, 2.24) is 20.9 Å². The van der Waals surface area contributed by atoms with Crippen molar-refractivity contribution in [2.24, 2.45) is 0 Å². The molecule has 1 aromatic rings. The number of morpholine rings is 1. The van der Waals surface area contributed by atoms with Crippen LogP contribution >= 0.6 is 0 Å². The lowest BCUT2D eigenvalue weighted by Gasteiger charge is -2.26. The van der Waals surface area contributed by atoms with Crippen LogP contribution in [0.2, 0.25) is 0 Å². The second-order valence-electron chi connectivity index (χ2n) is 6.59. The molecule has 0 atom stereocenters. The highest BCUT2D eigenvalue weighted by Gasteiger charge is 2.10. The molecule has 0 aromatic heterocycles. The second-order valence-corrected chi connectivity index (χ2v) is 6.59. The molecule has 9 nitrogen and oxygen atoms in total. The number of Topliss-reactive ketones (excluding diaryl/α,β-unsaturated/α-hetero) is 1. The molecule has 1 aliphatic rings. The Bertz CT molecular complexity index is 644. The first-order valence-corrected chi connectivity index (χ1v) is 9.48. The highest BCUT2D eigenvalue weighted by molar-refractivity contribution is 5.89. The quantitative estimate of drug-likeness (QED) is 0.460. The van der Waals surface area contributed by atoms with Gasteiger partial charge in [-0.15, -0.1) is 0 Å². The van der Waals surface area contributed by atoms with Gasteiger partial charge < -0.3 is 26.0 Å². The van der Waals surface area contributed by atoms with Crippen molar-refractivity contribution in [2.45, 2.75) is 13.3 Å². The van der Waals surface area contributed by atoms with E-state index in [-0.39, 0.29) is 17.8 Å². The number of hydrogen-bond donors (Lipinski definition) is 4. The van der Waals surface area contributed by atoms with Gasteiger partial charge >= 0.3 is 12.1 Å². The molecule has 0 unspecified atom stereocenters. The van der Waals surface area contributed by atoms with E-state index in [4.69, 9.17) is 4.74 Å².